The van der Waals surface area contributed by atoms with E-state index in [2.05, 4.69) is 46.4 Å². The van der Waals surface area contributed by atoms with Gasteiger partial charge in [-0.1, -0.05) is 12.1 Å². The van der Waals surface area contributed by atoms with Gasteiger partial charge < -0.3 is 19.9 Å². The van der Waals surface area contributed by atoms with Crippen molar-refractivity contribution < 1.29 is 4.74 Å². The first-order valence-corrected chi connectivity index (χ1v) is 6.57. The number of ether oxygens (including phenoxy) is 1. The summed E-state index contributed by atoms with van der Waals surface area (Å²) in [6.45, 7) is 5.94. The van der Waals surface area contributed by atoms with Crippen LogP contribution >= 0.6 is 0 Å². The number of methoxy groups -OCH3 is 1. The average molecular weight is 249 g/mol. The third kappa shape index (κ3) is 3.15. The first-order valence-electron chi connectivity index (χ1n) is 6.57. The topological polar surface area (TPSA) is 27.7 Å². The van der Waals surface area contributed by atoms with Crippen molar-refractivity contribution >= 4 is 11.4 Å². The minimum atomic E-state index is 0.777. The minimum absolute atomic E-state index is 0.777. The number of fused-ring (bicyclic) bond motifs is 1. The van der Waals surface area contributed by atoms with E-state index in [-0.39, 0.29) is 0 Å². The van der Waals surface area contributed by atoms with Crippen molar-refractivity contribution in [3.05, 3.63) is 24.3 Å². The zero-order chi connectivity index (χ0) is 12.8. The number of anilines is 2. The summed E-state index contributed by atoms with van der Waals surface area (Å²) < 4.78 is 5.02. The molecule has 0 saturated heterocycles. The Kier molecular flexibility index (Phi) is 4.84. The minimum Gasteiger partial charge on any atom is -0.383 e. The van der Waals surface area contributed by atoms with Crippen molar-refractivity contribution in [3.8, 4) is 0 Å². The lowest BCUT2D eigenvalue weighted by Gasteiger charge is -2.37. The number of para-hydroxylation sites is 2. The maximum atomic E-state index is 5.02. The van der Waals surface area contributed by atoms with E-state index in [0.29, 0.717) is 0 Å². The molecule has 1 heterocycles. The molecule has 1 aromatic carbocycles. The fourth-order valence-corrected chi connectivity index (χ4v) is 2.31. The predicted molar refractivity (Wildman–Crippen MR) is 76.7 cm³/mol. The van der Waals surface area contributed by atoms with Gasteiger partial charge in [0.2, 0.25) is 0 Å². The molecule has 0 amide bonds. The third-order valence-corrected chi connectivity index (χ3v) is 3.38. The van der Waals surface area contributed by atoms with E-state index in [1.807, 2.05) is 0 Å². The summed E-state index contributed by atoms with van der Waals surface area (Å²) in [6, 6.07) is 8.62. The molecule has 100 valence electrons. The van der Waals surface area contributed by atoms with Crippen LogP contribution in [0.5, 0.6) is 0 Å². The van der Waals surface area contributed by atoms with Gasteiger partial charge in [-0.25, -0.2) is 0 Å². The van der Waals surface area contributed by atoms with Gasteiger partial charge >= 0.3 is 0 Å². The number of nitrogens with one attached hydrogen (secondary N) is 1. The van der Waals surface area contributed by atoms with Crippen molar-refractivity contribution in [2.75, 3.05) is 63.3 Å². The summed E-state index contributed by atoms with van der Waals surface area (Å²) in [5.41, 5.74) is 2.68. The molecule has 18 heavy (non-hydrogen) atoms. The van der Waals surface area contributed by atoms with Crippen LogP contribution in [0.2, 0.25) is 0 Å². The van der Waals surface area contributed by atoms with Crippen LogP contribution in [0.1, 0.15) is 0 Å². The second-order valence-electron chi connectivity index (χ2n) is 4.64. The summed E-state index contributed by atoms with van der Waals surface area (Å²) in [6.07, 6.45) is 0. The number of rotatable bonds is 6. The van der Waals surface area contributed by atoms with Gasteiger partial charge in [-0.05, 0) is 12.1 Å². The van der Waals surface area contributed by atoms with E-state index in [4.69, 9.17) is 4.74 Å². The van der Waals surface area contributed by atoms with Gasteiger partial charge in [-0.15, -0.1) is 0 Å². The molecule has 1 aromatic rings. The molecule has 1 aliphatic rings. The summed E-state index contributed by atoms with van der Waals surface area (Å²) >= 11 is 0. The molecule has 0 spiro atoms. The van der Waals surface area contributed by atoms with Crippen LogP contribution in [-0.4, -0.2) is 53.5 Å². The Morgan fingerprint density at radius 1 is 1.17 bits per heavy atom. The van der Waals surface area contributed by atoms with E-state index < -0.39 is 0 Å². The standard InChI is InChI=1S/C14H23N3O/c1-16-10-11-17(9-7-15-8-12-18-2)14-6-4-3-5-13(14)16/h3-6,15H,7-12H2,1-2H3. The molecule has 2 rings (SSSR count). The third-order valence-electron chi connectivity index (χ3n) is 3.38. The monoisotopic (exact) mass is 249 g/mol. The van der Waals surface area contributed by atoms with Gasteiger partial charge in [0, 0.05) is 46.9 Å². The highest BCUT2D eigenvalue weighted by atomic mass is 16.5. The molecule has 0 fully saturated rings. The lowest BCUT2D eigenvalue weighted by molar-refractivity contribution is 0.200. The summed E-state index contributed by atoms with van der Waals surface area (Å²) in [5.74, 6) is 0. The van der Waals surface area contributed by atoms with Crippen LogP contribution in [0.3, 0.4) is 0 Å². The van der Waals surface area contributed by atoms with Crippen LogP contribution in [-0.2, 0) is 4.74 Å². The van der Waals surface area contributed by atoms with Gasteiger partial charge in [0.05, 0.1) is 18.0 Å². The first kappa shape index (κ1) is 13.2. The highest BCUT2D eigenvalue weighted by Gasteiger charge is 2.18. The molecule has 4 heteroatoms. The van der Waals surface area contributed by atoms with Crippen LogP contribution in [0.15, 0.2) is 24.3 Å². The summed E-state index contributed by atoms with van der Waals surface area (Å²) in [5, 5.41) is 3.40. The lowest BCUT2D eigenvalue weighted by atomic mass is 10.2. The van der Waals surface area contributed by atoms with Crippen molar-refractivity contribution in [1.82, 2.24) is 5.32 Å². The Morgan fingerprint density at radius 2 is 1.94 bits per heavy atom. The molecule has 0 saturated carbocycles. The molecule has 0 unspecified atom stereocenters. The zero-order valence-electron chi connectivity index (χ0n) is 11.4. The fraction of sp³-hybridized carbons (Fsp3) is 0.571. The van der Waals surface area contributed by atoms with Crippen LogP contribution in [0.4, 0.5) is 11.4 Å². The molecule has 0 radical (unpaired) electrons. The highest BCUT2D eigenvalue weighted by Crippen LogP contribution is 2.31. The van der Waals surface area contributed by atoms with Gasteiger partial charge in [0.1, 0.15) is 0 Å². The second kappa shape index (κ2) is 6.61. The van der Waals surface area contributed by atoms with E-state index >= 15 is 0 Å². The molecule has 0 bridgehead atoms. The number of benzene rings is 1. The number of nitrogens with zero attached hydrogens (tertiary/aromatic N) is 2. The van der Waals surface area contributed by atoms with Crippen LogP contribution in [0.25, 0.3) is 0 Å². The Bertz CT molecular complexity index is 370. The van der Waals surface area contributed by atoms with Crippen molar-refractivity contribution in [2.45, 2.75) is 0 Å². The second-order valence-corrected chi connectivity index (χ2v) is 4.64. The number of hydrogen-bond donors (Lipinski definition) is 1. The number of likely N-dealkylation sites (N-methyl/N-ethyl adjacent to an activating group) is 1. The van der Waals surface area contributed by atoms with Crippen LogP contribution in [0, 0.1) is 0 Å². The maximum Gasteiger partial charge on any atom is 0.0605 e. The van der Waals surface area contributed by atoms with E-state index in [1.54, 1.807) is 7.11 Å². The van der Waals surface area contributed by atoms with Crippen molar-refractivity contribution in [2.24, 2.45) is 0 Å². The molecule has 1 N–H and O–H groups in total. The van der Waals surface area contributed by atoms with Crippen molar-refractivity contribution in [1.29, 1.82) is 0 Å². The SMILES string of the molecule is COCCNCCN1CCN(C)c2ccccc21. The average Bonchev–Trinajstić information content (AvgIpc) is 2.41. The Hall–Kier alpha value is -1.26. The lowest BCUT2D eigenvalue weighted by Crippen LogP contribution is -2.42. The quantitative estimate of drug-likeness (QED) is 0.766. The van der Waals surface area contributed by atoms with Gasteiger partial charge in [-0.2, -0.15) is 0 Å². The smallest absolute Gasteiger partial charge is 0.0605 e. The van der Waals surface area contributed by atoms with E-state index in [0.717, 1.165) is 39.3 Å². The molecule has 0 aromatic heterocycles. The predicted octanol–water partition coefficient (Wildman–Crippen LogP) is 1.18. The summed E-state index contributed by atoms with van der Waals surface area (Å²) in [7, 11) is 3.89. The summed E-state index contributed by atoms with van der Waals surface area (Å²) in [4.78, 5) is 4.78. The molecule has 4 nitrogen and oxygen atoms in total. The highest BCUT2D eigenvalue weighted by molar-refractivity contribution is 5.73. The molecule has 0 aliphatic carbocycles. The zero-order valence-corrected chi connectivity index (χ0v) is 11.4. The number of hydrogen-bond acceptors (Lipinski definition) is 4. The van der Waals surface area contributed by atoms with Crippen molar-refractivity contribution in [3.63, 3.8) is 0 Å². The molecular formula is C14H23N3O. The van der Waals surface area contributed by atoms with E-state index in [1.165, 1.54) is 11.4 Å². The van der Waals surface area contributed by atoms with Crippen LogP contribution < -0.4 is 15.1 Å². The molecular weight excluding hydrogens is 226 g/mol. The maximum absolute atomic E-state index is 5.02. The van der Waals surface area contributed by atoms with Gasteiger partial charge in [0.15, 0.2) is 0 Å². The van der Waals surface area contributed by atoms with Gasteiger partial charge in [0.25, 0.3) is 0 Å². The van der Waals surface area contributed by atoms with Gasteiger partial charge in [-0.3, -0.25) is 0 Å². The fourth-order valence-electron chi connectivity index (χ4n) is 2.31. The molecule has 0 atom stereocenters. The normalized spacial score (nSPS) is 14.8. The Labute approximate surface area is 110 Å². The van der Waals surface area contributed by atoms with E-state index in [9.17, 15) is 0 Å². The first-order chi connectivity index (χ1) is 8.83. The Morgan fingerprint density at radius 3 is 2.72 bits per heavy atom. The molecule has 1 aliphatic heterocycles. The largest absolute Gasteiger partial charge is 0.383 e. The Balaban J connectivity index is 1.89.